The molecule has 2 N–H and O–H groups in total. The van der Waals surface area contributed by atoms with Crippen molar-refractivity contribution in [2.45, 2.75) is 58.5 Å². The van der Waals surface area contributed by atoms with Gasteiger partial charge in [0, 0.05) is 31.3 Å². The normalized spacial score (nSPS) is 15.8. The number of nitrogens with zero attached hydrogens (tertiary/aromatic N) is 1. The number of aromatic nitrogens is 1. The molecule has 0 spiro atoms. The predicted octanol–water partition coefficient (Wildman–Crippen LogP) is 4.36. The monoisotopic (exact) mass is 409 g/mol. The zero-order valence-electron chi connectivity index (χ0n) is 18.0. The Bertz CT molecular complexity index is 875. The van der Waals surface area contributed by atoms with Gasteiger partial charge in [-0.25, -0.2) is 4.98 Å². The maximum absolute atomic E-state index is 12.2. The molecule has 0 aliphatic heterocycles. The smallest absolute Gasteiger partial charge is 0.306 e. The molecule has 0 fully saturated rings. The third-order valence-electron chi connectivity index (χ3n) is 5.02. The molecule has 6 heteroatoms. The highest BCUT2D eigenvalue weighted by Crippen LogP contribution is 2.30. The van der Waals surface area contributed by atoms with E-state index in [1.807, 2.05) is 45.0 Å². The molecule has 1 aromatic heterocycles. The van der Waals surface area contributed by atoms with Crippen LogP contribution in [-0.4, -0.2) is 29.0 Å². The molecule has 1 heterocycles. The largest absolute Gasteiger partial charge is 0.460 e. The highest BCUT2D eigenvalue weighted by atomic mass is 16.6. The van der Waals surface area contributed by atoms with Gasteiger partial charge in [-0.05, 0) is 81.3 Å². The van der Waals surface area contributed by atoms with Crippen molar-refractivity contribution in [1.82, 2.24) is 4.98 Å². The molecule has 0 saturated carbocycles. The Morgan fingerprint density at radius 3 is 2.73 bits per heavy atom. The van der Waals surface area contributed by atoms with Gasteiger partial charge in [-0.2, -0.15) is 0 Å². The van der Waals surface area contributed by atoms with Crippen LogP contribution in [0.15, 0.2) is 42.6 Å². The summed E-state index contributed by atoms with van der Waals surface area (Å²) in [6.07, 6.45) is 5.28. The first-order chi connectivity index (χ1) is 14.3. The number of carbonyl (C=O) groups is 2. The Morgan fingerprint density at radius 2 is 2.00 bits per heavy atom. The van der Waals surface area contributed by atoms with Crippen molar-refractivity contribution in [3.63, 3.8) is 0 Å². The second-order valence-electron chi connectivity index (χ2n) is 8.82. The number of ether oxygens (including phenoxy) is 1. The third kappa shape index (κ3) is 6.87. The van der Waals surface area contributed by atoms with Crippen LogP contribution in [0.25, 0.3) is 0 Å². The van der Waals surface area contributed by atoms with Gasteiger partial charge in [-0.15, -0.1) is 0 Å². The van der Waals surface area contributed by atoms with Crippen molar-refractivity contribution in [2.24, 2.45) is 5.92 Å². The highest BCUT2D eigenvalue weighted by Gasteiger charge is 2.24. The summed E-state index contributed by atoms with van der Waals surface area (Å²) in [6.45, 7) is 6.21. The lowest BCUT2D eigenvalue weighted by Crippen LogP contribution is -2.26. The molecule has 1 aliphatic rings. The van der Waals surface area contributed by atoms with Crippen molar-refractivity contribution in [2.75, 3.05) is 17.2 Å². The fourth-order valence-corrected chi connectivity index (χ4v) is 3.70. The molecule has 1 aliphatic carbocycles. The van der Waals surface area contributed by atoms with Crippen LogP contribution in [0.5, 0.6) is 0 Å². The number of hydrogen-bond acceptors (Lipinski definition) is 5. The molecular weight excluding hydrogens is 378 g/mol. The van der Waals surface area contributed by atoms with Crippen LogP contribution in [0.1, 0.15) is 51.2 Å². The maximum Gasteiger partial charge on any atom is 0.306 e. The van der Waals surface area contributed by atoms with Gasteiger partial charge < -0.3 is 15.4 Å². The predicted molar refractivity (Wildman–Crippen MR) is 118 cm³/mol. The van der Waals surface area contributed by atoms with E-state index in [2.05, 4.69) is 27.8 Å². The van der Waals surface area contributed by atoms with Gasteiger partial charge in [-0.3, -0.25) is 9.59 Å². The van der Waals surface area contributed by atoms with E-state index in [-0.39, 0.29) is 11.9 Å². The average molecular weight is 410 g/mol. The van der Waals surface area contributed by atoms with Crippen molar-refractivity contribution in [1.29, 1.82) is 0 Å². The number of benzene rings is 1. The first kappa shape index (κ1) is 21.8. The first-order valence-corrected chi connectivity index (χ1v) is 10.6. The lowest BCUT2D eigenvalue weighted by molar-refractivity contribution is -0.156. The van der Waals surface area contributed by atoms with Gasteiger partial charge in [-0.1, -0.05) is 12.1 Å². The van der Waals surface area contributed by atoms with Gasteiger partial charge in [0.2, 0.25) is 5.91 Å². The molecule has 0 saturated heterocycles. The topological polar surface area (TPSA) is 80.3 Å². The van der Waals surface area contributed by atoms with Gasteiger partial charge >= 0.3 is 5.97 Å². The van der Waals surface area contributed by atoms with Crippen LogP contribution in [-0.2, 0) is 27.2 Å². The van der Waals surface area contributed by atoms with E-state index in [0.29, 0.717) is 25.3 Å². The third-order valence-corrected chi connectivity index (χ3v) is 5.02. The standard InChI is InChI=1S/C24H31N3O3/c1-24(2,3)30-23(29)15-17-7-8-19-16-20(10-9-18(19)14-17)27-22(28)11-13-26-21-6-4-5-12-25-21/h4-6,9-10,12,16-17H,7-8,11,13-15H2,1-3H3,(H,25,26)(H,27,28). The number of carbonyl (C=O) groups excluding carboxylic acids is 2. The van der Waals surface area contributed by atoms with Crippen LogP contribution in [0.3, 0.4) is 0 Å². The number of pyridine rings is 1. The summed E-state index contributed by atoms with van der Waals surface area (Å²) >= 11 is 0. The Morgan fingerprint density at radius 1 is 1.17 bits per heavy atom. The van der Waals surface area contributed by atoms with Crippen LogP contribution in [0.2, 0.25) is 0 Å². The second-order valence-corrected chi connectivity index (χ2v) is 8.82. The lowest BCUT2D eigenvalue weighted by Gasteiger charge is -2.26. The van der Waals surface area contributed by atoms with E-state index in [9.17, 15) is 9.59 Å². The Hall–Kier alpha value is -2.89. The summed E-state index contributed by atoms with van der Waals surface area (Å²) in [6, 6.07) is 11.7. The van der Waals surface area contributed by atoms with Crippen molar-refractivity contribution < 1.29 is 14.3 Å². The number of nitrogens with one attached hydrogen (secondary N) is 2. The van der Waals surface area contributed by atoms with Crippen LogP contribution < -0.4 is 10.6 Å². The zero-order chi connectivity index (χ0) is 21.6. The van der Waals surface area contributed by atoms with Gasteiger partial charge in [0.25, 0.3) is 0 Å². The zero-order valence-corrected chi connectivity index (χ0v) is 18.0. The van der Waals surface area contributed by atoms with Crippen molar-refractivity contribution in [3.05, 3.63) is 53.7 Å². The molecular formula is C24H31N3O3. The quantitative estimate of drug-likeness (QED) is 0.664. The average Bonchev–Trinajstić information content (AvgIpc) is 2.67. The minimum atomic E-state index is -0.441. The fourth-order valence-electron chi connectivity index (χ4n) is 3.70. The number of amides is 1. The molecule has 6 nitrogen and oxygen atoms in total. The molecule has 30 heavy (non-hydrogen) atoms. The minimum Gasteiger partial charge on any atom is -0.460 e. The Balaban J connectivity index is 1.47. The summed E-state index contributed by atoms with van der Waals surface area (Å²) in [5.41, 5.74) is 2.89. The van der Waals surface area contributed by atoms with E-state index in [1.54, 1.807) is 6.20 Å². The van der Waals surface area contributed by atoms with E-state index in [1.165, 1.54) is 11.1 Å². The van der Waals surface area contributed by atoms with Gasteiger partial charge in [0.05, 0.1) is 0 Å². The second kappa shape index (κ2) is 9.74. The van der Waals surface area contributed by atoms with E-state index < -0.39 is 5.60 Å². The molecule has 1 unspecified atom stereocenters. The molecule has 2 aromatic rings. The van der Waals surface area contributed by atoms with Crippen LogP contribution in [0, 0.1) is 5.92 Å². The van der Waals surface area contributed by atoms with Gasteiger partial charge in [0.15, 0.2) is 0 Å². The van der Waals surface area contributed by atoms with Crippen molar-refractivity contribution in [3.8, 4) is 0 Å². The molecule has 3 rings (SSSR count). The van der Waals surface area contributed by atoms with Gasteiger partial charge in [0.1, 0.15) is 11.4 Å². The molecule has 1 amide bonds. The Labute approximate surface area is 178 Å². The van der Waals surface area contributed by atoms with E-state index in [0.717, 1.165) is 30.8 Å². The first-order valence-electron chi connectivity index (χ1n) is 10.6. The minimum absolute atomic E-state index is 0.0306. The van der Waals surface area contributed by atoms with Crippen LogP contribution in [0.4, 0.5) is 11.5 Å². The molecule has 1 atom stereocenters. The number of esters is 1. The number of anilines is 2. The van der Waals surface area contributed by atoms with E-state index >= 15 is 0 Å². The van der Waals surface area contributed by atoms with E-state index in [4.69, 9.17) is 4.74 Å². The number of aryl methyl sites for hydroxylation is 1. The maximum atomic E-state index is 12.2. The molecule has 160 valence electrons. The lowest BCUT2D eigenvalue weighted by atomic mass is 9.82. The summed E-state index contributed by atoms with van der Waals surface area (Å²) in [4.78, 5) is 28.5. The summed E-state index contributed by atoms with van der Waals surface area (Å²) < 4.78 is 5.46. The summed E-state index contributed by atoms with van der Waals surface area (Å²) in [5, 5.41) is 6.11. The summed E-state index contributed by atoms with van der Waals surface area (Å²) in [5.74, 6) is 0.918. The summed E-state index contributed by atoms with van der Waals surface area (Å²) in [7, 11) is 0. The fraction of sp³-hybridized carbons (Fsp3) is 0.458. The highest BCUT2D eigenvalue weighted by molar-refractivity contribution is 5.91. The molecule has 0 radical (unpaired) electrons. The number of hydrogen-bond donors (Lipinski definition) is 2. The SMILES string of the molecule is CC(C)(C)OC(=O)CC1CCc2cc(NC(=O)CCNc3ccccn3)ccc2C1. The molecule has 1 aromatic carbocycles. The Kier molecular flexibility index (Phi) is 7.08. The van der Waals surface area contributed by atoms with Crippen LogP contribution >= 0.6 is 0 Å². The number of rotatable bonds is 7. The number of fused-ring (bicyclic) bond motifs is 1. The van der Waals surface area contributed by atoms with Crippen molar-refractivity contribution >= 4 is 23.4 Å². The molecule has 0 bridgehead atoms.